The van der Waals surface area contributed by atoms with Crippen LogP contribution in [0.1, 0.15) is 19.8 Å². The predicted octanol–water partition coefficient (Wildman–Crippen LogP) is -2.95. The molecule has 10 nitrogen and oxygen atoms in total. The van der Waals surface area contributed by atoms with Crippen LogP contribution in [-0.4, -0.2) is 59.6 Å². The van der Waals surface area contributed by atoms with Crippen LogP contribution in [-0.2, 0) is 23.9 Å². The minimum absolute atomic E-state index is 0.357. The molecule has 0 aromatic heterocycles. The van der Waals surface area contributed by atoms with Gasteiger partial charge in [-0.15, -0.1) is 0 Å². The molecule has 1 aliphatic heterocycles. The quantitative estimate of drug-likeness (QED) is 0.282. The lowest BCUT2D eigenvalue weighted by Crippen LogP contribution is -2.53. The van der Waals surface area contributed by atoms with E-state index in [4.69, 9.17) is 21.3 Å². The van der Waals surface area contributed by atoms with Gasteiger partial charge in [0.2, 0.25) is 11.8 Å². The van der Waals surface area contributed by atoms with E-state index in [-0.39, 0.29) is 6.54 Å². The van der Waals surface area contributed by atoms with Gasteiger partial charge in [0.25, 0.3) is 5.91 Å². The van der Waals surface area contributed by atoms with Crippen molar-refractivity contribution in [1.82, 2.24) is 10.6 Å². The maximum Gasteiger partial charge on any atom is 0.328 e. The molecule has 1 saturated heterocycles. The fourth-order valence-corrected chi connectivity index (χ4v) is 1.75. The van der Waals surface area contributed by atoms with Crippen molar-refractivity contribution in [2.75, 3.05) is 6.54 Å². The van der Waals surface area contributed by atoms with E-state index in [0.717, 1.165) is 0 Å². The van der Waals surface area contributed by atoms with Crippen molar-refractivity contribution in [3.63, 3.8) is 0 Å². The molecule has 2 unspecified atom stereocenters. The van der Waals surface area contributed by atoms with E-state index in [2.05, 4.69) is 10.6 Å². The van der Waals surface area contributed by atoms with E-state index >= 15 is 0 Å². The maximum absolute atomic E-state index is 11.7. The van der Waals surface area contributed by atoms with Crippen molar-refractivity contribution in [3.05, 3.63) is 0 Å². The summed E-state index contributed by atoms with van der Waals surface area (Å²) in [4.78, 5) is 45.1. The van der Waals surface area contributed by atoms with Gasteiger partial charge in [0, 0.05) is 6.54 Å². The van der Waals surface area contributed by atoms with Gasteiger partial charge in [0.15, 0.2) is 12.2 Å². The summed E-state index contributed by atoms with van der Waals surface area (Å²) < 4.78 is 4.74. The molecule has 7 N–H and O–H groups in total. The third kappa shape index (κ3) is 4.97. The van der Waals surface area contributed by atoms with Crippen LogP contribution in [0, 0.1) is 0 Å². The molecule has 0 aromatic carbocycles. The molecule has 0 aromatic rings. The number of hydrogen-bond acceptors (Lipinski definition) is 6. The van der Waals surface area contributed by atoms with Crippen LogP contribution in [0.15, 0.2) is 0 Å². The van der Waals surface area contributed by atoms with Gasteiger partial charge in [0.1, 0.15) is 6.04 Å². The highest BCUT2D eigenvalue weighted by Gasteiger charge is 2.49. The molecule has 0 bridgehead atoms. The first-order chi connectivity index (χ1) is 10.3. The SMILES string of the molecule is CCC[C@H](N)C(=O)N[C@@H](CNC(=O)C1OC1C(N)=O)C(=O)O. The molecule has 1 fully saturated rings. The first-order valence-corrected chi connectivity index (χ1v) is 6.79. The molecular formula is C12H20N4O6. The zero-order valence-corrected chi connectivity index (χ0v) is 12.1. The van der Waals surface area contributed by atoms with E-state index in [0.29, 0.717) is 12.8 Å². The van der Waals surface area contributed by atoms with Gasteiger partial charge in [-0.25, -0.2) is 4.79 Å². The minimum Gasteiger partial charge on any atom is -0.480 e. The van der Waals surface area contributed by atoms with Crippen LogP contribution in [0.5, 0.6) is 0 Å². The second-order valence-corrected chi connectivity index (χ2v) is 4.92. The van der Waals surface area contributed by atoms with E-state index in [1.165, 1.54) is 0 Å². The Morgan fingerprint density at radius 1 is 1.27 bits per heavy atom. The molecule has 0 radical (unpaired) electrons. The van der Waals surface area contributed by atoms with Gasteiger partial charge >= 0.3 is 5.97 Å². The van der Waals surface area contributed by atoms with Crippen molar-refractivity contribution >= 4 is 23.7 Å². The number of aliphatic carboxylic acids is 1. The summed E-state index contributed by atoms with van der Waals surface area (Å²) in [5, 5.41) is 13.5. The number of epoxide rings is 1. The van der Waals surface area contributed by atoms with Crippen LogP contribution in [0.3, 0.4) is 0 Å². The average Bonchev–Trinajstić information content (AvgIpc) is 3.23. The van der Waals surface area contributed by atoms with Crippen LogP contribution < -0.4 is 22.1 Å². The number of carbonyl (C=O) groups is 4. The molecule has 124 valence electrons. The number of amides is 3. The van der Waals surface area contributed by atoms with Crippen LogP contribution in [0.25, 0.3) is 0 Å². The molecule has 3 amide bonds. The van der Waals surface area contributed by atoms with Crippen molar-refractivity contribution in [1.29, 1.82) is 0 Å². The van der Waals surface area contributed by atoms with E-state index in [1.54, 1.807) is 0 Å². The summed E-state index contributed by atoms with van der Waals surface area (Å²) in [5.41, 5.74) is 10.5. The van der Waals surface area contributed by atoms with Crippen molar-refractivity contribution < 1.29 is 29.0 Å². The Kier molecular flexibility index (Phi) is 6.25. The highest BCUT2D eigenvalue weighted by molar-refractivity contribution is 5.94. The molecule has 4 atom stereocenters. The monoisotopic (exact) mass is 316 g/mol. The van der Waals surface area contributed by atoms with Gasteiger partial charge in [0.05, 0.1) is 6.04 Å². The molecule has 0 saturated carbocycles. The first kappa shape index (κ1) is 17.9. The van der Waals surface area contributed by atoms with Crippen LogP contribution in [0.2, 0.25) is 0 Å². The molecule has 22 heavy (non-hydrogen) atoms. The zero-order valence-electron chi connectivity index (χ0n) is 12.1. The second-order valence-electron chi connectivity index (χ2n) is 4.92. The number of carbonyl (C=O) groups excluding carboxylic acids is 3. The average molecular weight is 316 g/mol. The Morgan fingerprint density at radius 2 is 1.91 bits per heavy atom. The summed E-state index contributed by atoms with van der Waals surface area (Å²) in [6.45, 7) is 1.48. The fraction of sp³-hybridized carbons (Fsp3) is 0.667. The largest absolute Gasteiger partial charge is 0.480 e. The summed E-state index contributed by atoms with van der Waals surface area (Å²) in [7, 11) is 0. The lowest BCUT2D eigenvalue weighted by atomic mass is 10.1. The lowest BCUT2D eigenvalue weighted by molar-refractivity contribution is -0.142. The fourth-order valence-electron chi connectivity index (χ4n) is 1.75. The van der Waals surface area contributed by atoms with Gasteiger partial charge in [-0.2, -0.15) is 0 Å². The standard InChI is InChI=1S/C12H20N4O6/c1-2-3-5(13)10(18)16-6(12(20)21)4-15-11(19)8-7(22-8)9(14)17/h5-8H,2-4,13H2,1H3,(H2,14,17)(H,15,19)(H,16,18)(H,20,21)/t5-,6-,7?,8?/m0/s1. The number of nitrogens with one attached hydrogen (secondary N) is 2. The maximum atomic E-state index is 11.7. The Bertz CT molecular complexity index is 469. The van der Waals surface area contributed by atoms with Crippen molar-refractivity contribution in [3.8, 4) is 0 Å². The predicted molar refractivity (Wildman–Crippen MR) is 73.3 cm³/mol. The Hall–Kier alpha value is -2.20. The second kappa shape index (κ2) is 7.71. The number of ether oxygens (including phenoxy) is 1. The highest BCUT2D eigenvalue weighted by Crippen LogP contribution is 2.21. The number of nitrogens with two attached hydrogens (primary N) is 2. The number of primary amides is 1. The molecule has 0 aliphatic carbocycles. The smallest absolute Gasteiger partial charge is 0.328 e. The molecule has 1 rings (SSSR count). The van der Waals surface area contributed by atoms with Crippen LogP contribution >= 0.6 is 0 Å². The number of carboxylic acids is 1. The Morgan fingerprint density at radius 3 is 2.36 bits per heavy atom. The van der Waals surface area contributed by atoms with Gasteiger partial charge in [-0.05, 0) is 6.42 Å². The number of carboxylic acid groups (broad SMARTS) is 1. The molecular weight excluding hydrogens is 296 g/mol. The van der Waals surface area contributed by atoms with Gasteiger partial charge in [-0.1, -0.05) is 13.3 Å². The van der Waals surface area contributed by atoms with Crippen LogP contribution in [0.4, 0.5) is 0 Å². The normalized spacial score (nSPS) is 22.3. The summed E-state index contributed by atoms with van der Waals surface area (Å²) in [5.74, 6) is -3.36. The highest BCUT2D eigenvalue weighted by atomic mass is 16.6. The summed E-state index contributed by atoms with van der Waals surface area (Å²) in [6, 6.07) is -2.14. The summed E-state index contributed by atoms with van der Waals surface area (Å²) >= 11 is 0. The Balaban J connectivity index is 2.45. The molecule has 10 heteroatoms. The molecule has 1 heterocycles. The van der Waals surface area contributed by atoms with Crippen molar-refractivity contribution in [2.45, 2.75) is 44.1 Å². The molecule has 0 spiro atoms. The van der Waals surface area contributed by atoms with Gasteiger partial charge in [-0.3, -0.25) is 14.4 Å². The van der Waals surface area contributed by atoms with E-state index in [1.807, 2.05) is 6.92 Å². The van der Waals surface area contributed by atoms with E-state index in [9.17, 15) is 19.2 Å². The topological polar surface area (TPSA) is 177 Å². The third-order valence-electron chi connectivity index (χ3n) is 3.06. The number of hydrogen-bond donors (Lipinski definition) is 5. The first-order valence-electron chi connectivity index (χ1n) is 6.79. The van der Waals surface area contributed by atoms with E-state index < -0.39 is 48.0 Å². The zero-order chi connectivity index (χ0) is 16.9. The van der Waals surface area contributed by atoms with Crippen molar-refractivity contribution in [2.24, 2.45) is 11.5 Å². The third-order valence-corrected chi connectivity index (χ3v) is 3.06. The Labute approximate surface area is 126 Å². The summed E-state index contributed by atoms with van der Waals surface area (Å²) in [6.07, 6.45) is -0.905. The molecule has 1 aliphatic rings. The lowest BCUT2D eigenvalue weighted by Gasteiger charge is -2.17. The van der Waals surface area contributed by atoms with Gasteiger partial charge < -0.3 is 31.9 Å². The number of rotatable bonds is 9. The minimum atomic E-state index is -1.33.